The van der Waals surface area contributed by atoms with Crippen molar-refractivity contribution >= 4 is 23.1 Å². The minimum atomic E-state index is 0.405. The summed E-state index contributed by atoms with van der Waals surface area (Å²) >= 11 is 3.77. The molecule has 2 heterocycles. The van der Waals surface area contributed by atoms with Gasteiger partial charge in [0.1, 0.15) is 0 Å². The van der Waals surface area contributed by atoms with Crippen molar-refractivity contribution in [3.8, 4) is 0 Å². The smallest absolute Gasteiger partial charge is 0.0795 e. The highest BCUT2D eigenvalue weighted by Gasteiger charge is 2.16. The second kappa shape index (κ2) is 5.14. The summed E-state index contributed by atoms with van der Waals surface area (Å²) in [7, 11) is 0. The Balaban J connectivity index is 1.74. The molecule has 0 bridgehead atoms. The van der Waals surface area contributed by atoms with Crippen molar-refractivity contribution in [2.45, 2.75) is 31.1 Å². The minimum Gasteiger partial charge on any atom is -0.308 e. The van der Waals surface area contributed by atoms with Crippen LogP contribution in [0.1, 0.15) is 31.5 Å². The largest absolute Gasteiger partial charge is 0.308 e. The number of nitrogens with one attached hydrogen (secondary N) is 1. The van der Waals surface area contributed by atoms with Crippen LogP contribution in [0.25, 0.3) is 0 Å². The van der Waals surface area contributed by atoms with Gasteiger partial charge in [0.15, 0.2) is 0 Å². The molecule has 2 nitrogen and oxygen atoms in total. The zero-order valence-electron chi connectivity index (χ0n) is 8.40. The van der Waals surface area contributed by atoms with Gasteiger partial charge >= 0.3 is 0 Å². The molecule has 1 N–H and O–H groups in total. The fourth-order valence-corrected chi connectivity index (χ4v) is 3.52. The van der Waals surface area contributed by atoms with E-state index in [2.05, 4.69) is 34.4 Å². The van der Waals surface area contributed by atoms with E-state index in [9.17, 15) is 0 Å². The molecule has 1 fully saturated rings. The average molecular weight is 228 g/mol. The van der Waals surface area contributed by atoms with Crippen LogP contribution in [0.3, 0.4) is 0 Å². The highest BCUT2D eigenvalue weighted by atomic mass is 32.2. The van der Waals surface area contributed by atoms with E-state index < -0.39 is 0 Å². The molecule has 1 aliphatic heterocycles. The van der Waals surface area contributed by atoms with Crippen LogP contribution in [0.15, 0.2) is 10.9 Å². The van der Waals surface area contributed by atoms with Gasteiger partial charge in [-0.15, -0.1) is 11.3 Å². The van der Waals surface area contributed by atoms with Gasteiger partial charge in [-0.3, -0.25) is 0 Å². The highest BCUT2D eigenvalue weighted by Crippen LogP contribution is 2.26. The van der Waals surface area contributed by atoms with Gasteiger partial charge in [-0.2, -0.15) is 11.8 Å². The molecule has 2 rings (SSSR count). The lowest BCUT2D eigenvalue weighted by Crippen LogP contribution is -2.26. The summed E-state index contributed by atoms with van der Waals surface area (Å²) < 4.78 is 0. The van der Waals surface area contributed by atoms with E-state index in [1.165, 1.54) is 24.3 Å². The number of thioether (sulfide) groups is 1. The Kier molecular flexibility index (Phi) is 3.84. The van der Waals surface area contributed by atoms with E-state index in [4.69, 9.17) is 0 Å². The number of hydrogen-bond donors (Lipinski definition) is 1. The van der Waals surface area contributed by atoms with E-state index in [0.29, 0.717) is 6.04 Å². The van der Waals surface area contributed by atoms with Crippen LogP contribution >= 0.6 is 23.1 Å². The van der Waals surface area contributed by atoms with Gasteiger partial charge in [0, 0.05) is 23.2 Å². The Hall–Kier alpha value is -0.0600. The molecule has 78 valence electrons. The van der Waals surface area contributed by atoms with Gasteiger partial charge in [0.2, 0.25) is 0 Å². The molecule has 0 aromatic carbocycles. The quantitative estimate of drug-likeness (QED) is 0.857. The van der Waals surface area contributed by atoms with Crippen molar-refractivity contribution < 1.29 is 0 Å². The molecule has 14 heavy (non-hydrogen) atoms. The van der Waals surface area contributed by atoms with E-state index in [-0.39, 0.29) is 0 Å². The van der Waals surface area contributed by atoms with Gasteiger partial charge in [-0.05, 0) is 25.5 Å². The maximum atomic E-state index is 4.31. The molecular weight excluding hydrogens is 212 g/mol. The summed E-state index contributed by atoms with van der Waals surface area (Å²) in [5, 5.41) is 6.50. The number of rotatable bonds is 4. The van der Waals surface area contributed by atoms with Crippen LogP contribution in [0, 0.1) is 0 Å². The SMILES string of the molecule is CC(NCC1CCCS1)c1cscn1. The lowest BCUT2D eigenvalue weighted by Gasteiger charge is -2.14. The molecular formula is C10H16N2S2. The Bertz CT molecular complexity index is 255. The van der Waals surface area contributed by atoms with Crippen molar-refractivity contribution in [2.24, 2.45) is 0 Å². The first-order valence-corrected chi connectivity index (χ1v) is 7.08. The molecule has 0 radical (unpaired) electrons. The zero-order valence-corrected chi connectivity index (χ0v) is 10.0. The number of aromatic nitrogens is 1. The first-order chi connectivity index (χ1) is 6.86. The third kappa shape index (κ3) is 2.72. The maximum absolute atomic E-state index is 4.31. The van der Waals surface area contributed by atoms with Gasteiger partial charge < -0.3 is 5.32 Å². The van der Waals surface area contributed by atoms with Crippen molar-refractivity contribution in [3.63, 3.8) is 0 Å². The van der Waals surface area contributed by atoms with E-state index >= 15 is 0 Å². The highest BCUT2D eigenvalue weighted by molar-refractivity contribution is 8.00. The van der Waals surface area contributed by atoms with Crippen LogP contribution in [-0.2, 0) is 0 Å². The van der Waals surface area contributed by atoms with E-state index in [1.54, 1.807) is 11.3 Å². The summed E-state index contributed by atoms with van der Waals surface area (Å²) in [5.74, 6) is 1.34. The third-order valence-corrected chi connectivity index (χ3v) is 4.57. The molecule has 0 aliphatic carbocycles. The number of nitrogens with zero attached hydrogens (tertiary/aromatic N) is 1. The van der Waals surface area contributed by atoms with Gasteiger partial charge in [-0.1, -0.05) is 0 Å². The van der Waals surface area contributed by atoms with Crippen LogP contribution in [0.2, 0.25) is 0 Å². The van der Waals surface area contributed by atoms with Crippen LogP contribution in [-0.4, -0.2) is 22.5 Å². The molecule has 2 unspecified atom stereocenters. The Morgan fingerprint density at radius 2 is 2.64 bits per heavy atom. The van der Waals surface area contributed by atoms with Crippen LogP contribution < -0.4 is 5.32 Å². The zero-order chi connectivity index (χ0) is 9.80. The lowest BCUT2D eigenvalue weighted by atomic mass is 10.2. The van der Waals surface area contributed by atoms with Crippen LogP contribution in [0.4, 0.5) is 0 Å². The Morgan fingerprint density at radius 1 is 1.71 bits per heavy atom. The average Bonchev–Trinajstić information content (AvgIpc) is 2.87. The first-order valence-electron chi connectivity index (χ1n) is 5.09. The second-order valence-electron chi connectivity index (χ2n) is 3.68. The molecule has 1 aliphatic rings. The summed E-state index contributed by atoms with van der Waals surface area (Å²) in [6.45, 7) is 3.32. The molecule has 0 spiro atoms. The lowest BCUT2D eigenvalue weighted by molar-refractivity contribution is 0.551. The fourth-order valence-electron chi connectivity index (χ4n) is 1.65. The topological polar surface area (TPSA) is 24.9 Å². The van der Waals surface area contributed by atoms with Gasteiger partial charge in [0.05, 0.1) is 11.2 Å². The molecule has 0 amide bonds. The van der Waals surface area contributed by atoms with Crippen molar-refractivity contribution in [1.82, 2.24) is 10.3 Å². The summed E-state index contributed by atoms with van der Waals surface area (Å²) in [4.78, 5) is 4.31. The molecule has 1 aromatic rings. The molecule has 1 aromatic heterocycles. The van der Waals surface area contributed by atoms with Crippen molar-refractivity contribution in [1.29, 1.82) is 0 Å². The van der Waals surface area contributed by atoms with Crippen LogP contribution in [0.5, 0.6) is 0 Å². The Morgan fingerprint density at radius 3 is 3.29 bits per heavy atom. The Labute approximate surface area is 93.5 Å². The maximum Gasteiger partial charge on any atom is 0.0795 e. The molecule has 0 saturated carbocycles. The molecule has 2 atom stereocenters. The minimum absolute atomic E-state index is 0.405. The molecule has 1 saturated heterocycles. The monoisotopic (exact) mass is 228 g/mol. The van der Waals surface area contributed by atoms with Crippen molar-refractivity contribution in [2.75, 3.05) is 12.3 Å². The summed E-state index contributed by atoms with van der Waals surface area (Å²) in [5.41, 5.74) is 3.08. The van der Waals surface area contributed by atoms with Gasteiger partial charge in [0.25, 0.3) is 0 Å². The summed E-state index contributed by atoms with van der Waals surface area (Å²) in [6.07, 6.45) is 2.77. The second-order valence-corrected chi connectivity index (χ2v) is 5.81. The molecule has 4 heteroatoms. The van der Waals surface area contributed by atoms with Crippen molar-refractivity contribution in [3.05, 3.63) is 16.6 Å². The predicted molar refractivity (Wildman–Crippen MR) is 64.0 cm³/mol. The van der Waals surface area contributed by atoms with E-state index in [0.717, 1.165) is 11.8 Å². The fraction of sp³-hybridized carbons (Fsp3) is 0.700. The third-order valence-electron chi connectivity index (χ3n) is 2.57. The first kappa shape index (κ1) is 10.5. The van der Waals surface area contributed by atoms with E-state index in [1.807, 2.05) is 5.51 Å². The van der Waals surface area contributed by atoms with Gasteiger partial charge in [-0.25, -0.2) is 4.98 Å². The number of hydrogen-bond acceptors (Lipinski definition) is 4. The standard InChI is InChI=1S/C10H16N2S2/c1-8(10-6-13-7-12-10)11-5-9-3-2-4-14-9/h6-9,11H,2-5H2,1H3. The predicted octanol–water partition coefficient (Wildman–Crippen LogP) is 2.69. The summed E-state index contributed by atoms with van der Waals surface area (Å²) in [6, 6.07) is 0.405. The number of thiazole rings is 1. The normalized spacial score (nSPS) is 23.9.